The molecule has 0 aromatic heterocycles. The summed E-state index contributed by atoms with van der Waals surface area (Å²) in [5, 5.41) is 0.655. The number of nitrogens with zero attached hydrogens (tertiary/aromatic N) is 1. The molecule has 4 heteroatoms. The molecule has 1 heterocycles. The third-order valence-electron chi connectivity index (χ3n) is 5.11. The zero-order valence-corrected chi connectivity index (χ0v) is 16.0. The normalized spacial score (nSPS) is 17.7. The van der Waals surface area contributed by atoms with Crippen molar-refractivity contribution in [1.82, 2.24) is 0 Å². The van der Waals surface area contributed by atoms with Gasteiger partial charge in [0, 0.05) is 17.7 Å². The summed E-state index contributed by atoms with van der Waals surface area (Å²) in [6, 6.07) is 26.1. The highest BCUT2D eigenvalue weighted by atomic mass is 35.5. The Morgan fingerprint density at radius 3 is 1.96 bits per heavy atom. The number of fused-ring (bicyclic) bond motifs is 1. The van der Waals surface area contributed by atoms with Crippen LogP contribution in [0.3, 0.4) is 0 Å². The summed E-state index contributed by atoms with van der Waals surface area (Å²) in [5.74, 6) is 0.599. The van der Waals surface area contributed by atoms with Gasteiger partial charge in [0.1, 0.15) is 11.5 Å². The third-order valence-corrected chi connectivity index (χ3v) is 5.35. The number of hydrogen-bond donors (Lipinski definition) is 0. The molecule has 4 rings (SSSR count). The minimum atomic E-state index is -0.719. The van der Waals surface area contributed by atoms with Crippen molar-refractivity contribution < 1.29 is 9.47 Å². The minimum Gasteiger partial charge on any atom is -0.483 e. The minimum absolute atomic E-state index is 0.344. The largest absolute Gasteiger partial charge is 0.483 e. The van der Waals surface area contributed by atoms with Crippen molar-refractivity contribution in [1.29, 1.82) is 0 Å². The molecule has 1 atom stereocenters. The fourth-order valence-electron chi connectivity index (χ4n) is 4.01. The van der Waals surface area contributed by atoms with Crippen molar-refractivity contribution in [2.24, 2.45) is 4.99 Å². The van der Waals surface area contributed by atoms with E-state index in [9.17, 15) is 0 Å². The van der Waals surface area contributed by atoms with Crippen molar-refractivity contribution in [3.8, 4) is 0 Å². The second-order valence-electron chi connectivity index (χ2n) is 6.48. The SMILES string of the molecule is COC1=Nc2ccc(Cl)cc2C(OC)C1(c1ccccc1)c1ccccc1. The van der Waals surface area contributed by atoms with E-state index in [4.69, 9.17) is 26.1 Å². The van der Waals surface area contributed by atoms with Crippen LogP contribution >= 0.6 is 11.6 Å². The van der Waals surface area contributed by atoms with Crippen LogP contribution in [0.15, 0.2) is 83.9 Å². The lowest BCUT2D eigenvalue weighted by Gasteiger charge is -2.43. The number of benzene rings is 3. The first kappa shape index (κ1) is 17.8. The summed E-state index contributed by atoms with van der Waals surface area (Å²) >= 11 is 6.32. The average molecular weight is 378 g/mol. The standard InChI is InChI=1S/C23H20ClNO2/c1-26-21-19-15-18(24)13-14-20(19)25-22(27-2)23(21,16-9-5-3-6-10-16)17-11-7-4-8-12-17/h3-15,21H,1-2H3. The van der Waals surface area contributed by atoms with E-state index in [1.54, 1.807) is 14.2 Å². The van der Waals surface area contributed by atoms with E-state index >= 15 is 0 Å². The molecule has 3 aromatic rings. The summed E-state index contributed by atoms with van der Waals surface area (Å²) in [5.41, 5.74) is 3.14. The Bertz CT molecular complexity index is 931. The lowest BCUT2D eigenvalue weighted by Crippen LogP contribution is -2.46. The second-order valence-corrected chi connectivity index (χ2v) is 6.92. The van der Waals surface area contributed by atoms with Crippen LogP contribution in [0, 0.1) is 0 Å². The van der Waals surface area contributed by atoms with Crippen LogP contribution in [0.4, 0.5) is 5.69 Å². The molecule has 0 saturated heterocycles. The van der Waals surface area contributed by atoms with Gasteiger partial charge in [0.05, 0.1) is 12.8 Å². The zero-order chi connectivity index (χ0) is 18.9. The van der Waals surface area contributed by atoms with Crippen molar-refractivity contribution in [2.75, 3.05) is 14.2 Å². The maximum atomic E-state index is 6.32. The predicted octanol–water partition coefficient (Wildman–Crippen LogP) is 5.70. The quantitative estimate of drug-likeness (QED) is 0.585. The Morgan fingerprint density at radius 1 is 0.852 bits per heavy atom. The van der Waals surface area contributed by atoms with E-state index in [0.717, 1.165) is 22.4 Å². The molecule has 136 valence electrons. The third kappa shape index (κ3) is 2.75. The molecular formula is C23H20ClNO2. The van der Waals surface area contributed by atoms with Gasteiger partial charge in [-0.2, -0.15) is 0 Å². The summed E-state index contributed by atoms with van der Waals surface area (Å²) < 4.78 is 12.0. The van der Waals surface area contributed by atoms with E-state index in [1.807, 2.05) is 54.6 Å². The van der Waals surface area contributed by atoms with E-state index in [-0.39, 0.29) is 6.10 Å². The Balaban J connectivity index is 2.10. The van der Waals surface area contributed by atoms with Gasteiger partial charge in [-0.3, -0.25) is 0 Å². The van der Waals surface area contributed by atoms with Crippen LogP contribution in [0.1, 0.15) is 22.8 Å². The van der Waals surface area contributed by atoms with Gasteiger partial charge in [0.15, 0.2) is 0 Å². The van der Waals surface area contributed by atoms with Gasteiger partial charge in [-0.05, 0) is 29.3 Å². The molecule has 0 N–H and O–H groups in total. The molecule has 3 nitrogen and oxygen atoms in total. The van der Waals surface area contributed by atoms with E-state index in [2.05, 4.69) is 24.3 Å². The van der Waals surface area contributed by atoms with Gasteiger partial charge < -0.3 is 9.47 Å². The molecule has 27 heavy (non-hydrogen) atoms. The van der Waals surface area contributed by atoms with Crippen molar-refractivity contribution in [3.05, 3.63) is 101 Å². The first-order valence-electron chi connectivity index (χ1n) is 8.78. The van der Waals surface area contributed by atoms with Crippen LogP contribution in [0.25, 0.3) is 0 Å². The summed E-state index contributed by atoms with van der Waals surface area (Å²) in [7, 11) is 3.38. The fourth-order valence-corrected chi connectivity index (χ4v) is 4.19. The van der Waals surface area contributed by atoms with Gasteiger partial charge in [0.25, 0.3) is 0 Å². The van der Waals surface area contributed by atoms with Gasteiger partial charge in [-0.25, -0.2) is 4.99 Å². The molecule has 1 aliphatic heterocycles. The van der Waals surface area contributed by atoms with Gasteiger partial charge >= 0.3 is 0 Å². The van der Waals surface area contributed by atoms with Crippen LogP contribution in [0.5, 0.6) is 0 Å². The Kier molecular flexibility index (Phi) is 4.73. The van der Waals surface area contributed by atoms with Crippen LogP contribution in [0.2, 0.25) is 5.02 Å². The van der Waals surface area contributed by atoms with Crippen LogP contribution in [-0.4, -0.2) is 20.1 Å². The van der Waals surface area contributed by atoms with E-state index in [0.29, 0.717) is 10.9 Å². The number of methoxy groups -OCH3 is 2. The monoisotopic (exact) mass is 377 g/mol. The topological polar surface area (TPSA) is 30.8 Å². The maximum absolute atomic E-state index is 6.32. The highest BCUT2D eigenvalue weighted by molar-refractivity contribution is 6.30. The van der Waals surface area contributed by atoms with Gasteiger partial charge in [0.2, 0.25) is 5.90 Å². The molecule has 0 amide bonds. The van der Waals surface area contributed by atoms with Crippen molar-refractivity contribution in [3.63, 3.8) is 0 Å². The summed E-state index contributed by atoms with van der Waals surface area (Å²) in [6.45, 7) is 0. The molecular weight excluding hydrogens is 358 g/mol. The zero-order valence-electron chi connectivity index (χ0n) is 15.2. The molecule has 0 bridgehead atoms. The van der Waals surface area contributed by atoms with Gasteiger partial charge in [-0.1, -0.05) is 72.3 Å². The Labute approximate surface area is 164 Å². The van der Waals surface area contributed by atoms with Crippen molar-refractivity contribution in [2.45, 2.75) is 11.5 Å². The number of halogens is 1. The molecule has 0 fully saturated rings. The Morgan fingerprint density at radius 2 is 1.44 bits per heavy atom. The Hall–Kier alpha value is -2.62. The molecule has 3 aromatic carbocycles. The number of rotatable bonds is 3. The van der Waals surface area contributed by atoms with E-state index < -0.39 is 5.41 Å². The highest BCUT2D eigenvalue weighted by Crippen LogP contribution is 2.52. The smallest absolute Gasteiger partial charge is 0.206 e. The predicted molar refractivity (Wildman–Crippen MR) is 109 cm³/mol. The summed E-state index contributed by atoms with van der Waals surface area (Å²) in [6.07, 6.45) is -0.344. The van der Waals surface area contributed by atoms with Crippen LogP contribution < -0.4 is 0 Å². The lowest BCUT2D eigenvalue weighted by atomic mass is 9.66. The number of hydrogen-bond acceptors (Lipinski definition) is 3. The first-order chi connectivity index (χ1) is 13.2. The van der Waals surface area contributed by atoms with Crippen molar-refractivity contribution >= 4 is 23.2 Å². The maximum Gasteiger partial charge on any atom is 0.206 e. The molecule has 0 aliphatic carbocycles. The number of ether oxygens (including phenoxy) is 2. The van der Waals surface area contributed by atoms with Gasteiger partial charge in [-0.15, -0.1) is 0 Å². The highest BCUT2D eigenvalue weighted by Gasteiger charge is 2.52. The fraction of sp³-hybridized carbons (Fsp3) is 0.174. The molecule has 0 radical (unpaired) electrons. The molecule has 0 saturated carbocycles. The average Bonchev–Trinajstić information content (AvgIpc) is 2.73. The number of aliphatic imine (C=N–C) groups is 1. The van der Waals surface area contributed by atoms with Crippen LogP contribution in [-0.2, 0) is 14.9 Å². The first-order valence-corrected chi connectivity index (χ1v) is 9.16. The van der Waals surface area contributed by atoms with E-state index in [1.165, 1.54) is 0 Å². The molecule has 0 spiro atoms. The second kappa shape index (κ2) is 7.18. The molecule has 1 unspecified atom stereocenters. The summed E-state index contributed by atoms with van der Waals surface area (Å²) in [4.78, 5) is 4.87. The lowest BCUT2D eigenvalue weighted by molar-refractivity contribution is 0.0613. The molecule has 1 aliphatic rings.